The average molecular weight is 230 g/mol. The second kappa shape index (κ2) is 14.2. The Bertz CT molecular complexity index is 53.6. The van der Waals surface area contributed by atoms with E-state index in [-0.39, 0.29) is 58.2 Å². The Morgan fingerprint density at radius 2 is 1.73 bits per heavy atom. The summed E-state index contributed by atoms with van der Waals surface area (Å²) < 4.78 is 0. The Labute approximate surface area is 119 Å². The van der Waals surface area contributed by atoms with Gasteiger partial charge in [-0.05, 0) is 33.1 Å². The van der Waals surface area contributed by atoms with Gasteiger partial charge in [-0.25, -0.2) is 0 Å². The van der Waals surface area contributed by atoms with Gasteiger partial charge in [-0.3, -0.25) is 0 Å². The van der Waals surface area contributed by atoms with Crippen molar-refractivity contribution in [3.8, 4) is 0 Å². The molecule has 0 rings (SSSR count). The second-order valence-corrected chi connectivity index (χ2v) is 2.31. The van der Waals surface area contributed by atoms with E-state index in [9.17, 15) is 0 Å². The summed E-state index contributed by atoms with van der Waals surface area (Å²) in [7, 11) is 1.96. The molecule has 3 nitrogen and oxygen atoms in total. The molecule has 0 fully saturated rings. The van der Waals surface area contributed by atoms with Crippen molar-refractivity contribution in [1.82, 2.24) is 10.6 Å². The van der Waals surface area contributed by atoms with Crippen LogP contribution in [0.5, 0.6) is 0 Å². The van der Waals surface area contributed by atoms with Crippen LogP contribution in [0.4, 0.5) is 0 Å². The van der Waals surface area contributed by atoms with E-state index in [2.05, 4.69) is 10.6 Å². The summed E-state index contributed by atoms with van der Waals surface area (Å²) in [5.74, 6) is 0. The fraction of sp³-hybridized carbons (Fsp3) is 1.00. The quantitative estimate of drug-likeness (QED) is 0.480. The first-order chi connectivity index (χ1) is 4.91. The molecule has 0 unspecified atom stereocenters. The molecule has 4 heteroatoms. The molecule has 0 atom stereocenters. The Hall–Kier alpha value is 1.69. The van der Waals surface area contributed by atoms with Gasteiger partial charge in [0.05, 0.1) is 0 Å². The molecule has 0 amide bonds. The molecular weight excluding hydrogens is 212 g/mol. The maximum atomic E-state index is 6.87. The van der Waals surface area contributed by atoms with Crippen LogP contribution in [0.3, 0.4) is 0 Å². The first-order valence-electron chi connectivity index (χ1n) is 3.91. The summed E-state index contributed by atoms with van der Waals surface area (Å²) in [6, 6.07) is 0. The van der Waals surface area contributed by atoms with Crippen molar-refractivity contribution >= 4 is 0 Å². The van der Waals surface area contributed by atoms with Crippen molar-refractivity contribution in [2.24, 2.45) is 0 Å². The molecule has 0 aliphatic rings. The first kappa shape index (κ1) is 15.2. The van der Waals surface area contributed by atoms with Crippen molar-refractivity contribution in [3.63, 3.8) is 0 Å². The topological polar surface area (TPSA) is 47.9 Å². The SMILES string of the molecule is CNCCCNCCC[NH-].[Rb+]. The first-order valence-corrected chi connectivity index (χ1v) is 3.91. The molecule has 0 aromatic carbocycles. The van der Waals surface area contributed by atoms with Gasteiger partial charge in [-0.15, -0.1) is 6.54 Å². The van der Waals surface area contributed by atoms with Crippen LogP contribution >= 0.6 is 0 Å². The predicted molar refractivity (Wildman–Crippen MR) is 45.2 cm³/mol. The van der Waals surface area contributed by atoms with Crippen molar-refractivity contribution in [3.05, 3.63) is 5.73 Å². The summed E-state index contributed by atoms with van der Waals surface area (Å²) in [6.45, 7) is 3.68. The third kappa shape index (κ3) is 14.5. The van der Waals surface area contributed by atoms with E-state index >= 15 is 0 Å². The predicted octanol–water partition coefficient (Wildman–Crippen LogP) is -2.37. The number of rotatable bonds is 7. The van der Waals surface area contributed by atoms with E-state index in [0.717, 1.165) is 26.1 Å². The summed E-state index contributed by atoms with van der Waals surface area (Å²) >= 11 is 0. The van der Waals surface area contributed by atoms with Gasteiger partial charge in [0.25, 0.3) is 0 Å². The molecule has 0 bridgehead atoms. The zero-order chi connectivity index (χ0) is 7.66. The minimum Gasteiger partial charge on any atom is -0.677 e. The van der Waals surface area contributed by atoms with Gasteiger partial charge in [0.2, 0.25) is 0 Å². The van der Waals surface area contributed by atoms with Crippen molar-refractivity contribution < 1.29 is 58.2 Å². The van der Waals surface area contributed by atoms with Gasteiger partial charge < -0.3 is 16.4 Å². The van der Waals surface area contributed by atoms with Crippen LogP contribution in [-0.2, 0) is 0 Å². The summed E-state index contributed by atoms with van der Waals surface area (Å²) in [6.07, 6.45) is 2.15. The molecule has 0 saturated heterocycles. The molecule has 0 aromatic heterocycles. The Morgan fingerprint density at radius 1 is 1.09 bits per heavy atom. The Morgan fingerprint density at radius 3 is 2.27 bits per heavy atom. The largest absolute Gasteiger partial charge is 1.00 e. The van der Waals surface area contributed by atoms with Crippen molar-refractivity contribution in [2.75, 3.05) is 33.2 Å². The van der Waals surface area contributed by atoms with Gasteiger partial charge in [-0.2, -0.15) is 0 Å². The average Bonchev–Trinajstić information content (AvgIpc) is 1.97. The molecule has 0 aromatic rings. The molecule has 0 spiro atoms. The Balaban J connectivity index is 0. The minimum absolute atomic E-state index is 0. The van der Waals surface area contributed by atoms with Gasteiger partial charge in [0, 0.05) is 0 Å². The van der Waals surface area contributed by atoms with Crippen LogP contribution < -0.4 is 68.8 Å². The van der Waals surface area contributed by atoms with Gasteiger partial charge in [-0.1, -0.05) is 6.42 Å². The summed E-state index contributed by atoms with van der Waals surface area (Å²) in [5.41, 5.74) is 6.87. The van der Waals surface area contributed by atoms with Gasteiger partial charge in [0.15, 0.2) is 0 Å². The van der Waals surface area contributed by atoms with E-state index in [1.165, 1.54) is 6.42 Å². The molecular formula is C7H18N3Rb. The van der Waals surface area contributed by atoms with Gasteiger partial charge in [0.1, 0.15) is 0 Å². The second-order valence-electron chi connectivity index (χ2n) is 2.31. The van der Waals surface area contributed by atoms with Crippen LogP contribution in [0.2, 0.25) is 0 Å². The number of nitrogens with one attached hydrogen (secondary N) is 3. The molecule has 0 aliphatic carbocycles. The summed E-state index contributed by atoms with van der Waals surface area (Å²) in [5, 5.41) is 6.34. The zero-order valence-electron chi connectivity index (χ0n) is 7.74. The molecule has 11 heavy (non-hydrogen) atoms. The van der Waals surface area contributed by atoms with Crippen molar-refractivity contribution in [1.29, 1.82) is 0 Å². The van der Waals surface area contributed by atoms with Crippen molar-refractivity contribution in [2.45, 2.75) is 12.8 Å². The smallest absolute Gasteiger partial charge is 0.677 e. The monoisotopic (exact) mass is 229 g/mol. The molecule has 0 heterocycles. The van der Waals surface area contributed by atoms with Crippen LogP contribution in [0.25, 0.3) is 5.73 Å². The third-order valence-electron chi connectivity index (χ3n) is 1.31. The summed E-state index contributed by atoms with van der Waals surface area (Å²) in [4.78, 5) is 0. The van der Waals surface area contributed by atoms with E-state index in [4.69, 9.17) is 5.73 Å². The maximum Gasteiger partial charge on any atom is 1.00 e. The molecule has 62 valence electrons. The van der Waals surface area contributed by atoms with E-state index in [0.29, 0.717) is 6.54 Å². The van der Waals surface area contributed by atoms with E-state index in [1.807, 2.05) is 7.05 Å². The maximum absolute atomic E-state index is 6.87. The normalized spacial score (nSPS) is 9.27. The minimum atomic E-state index is 0. The van der Waals surface area contributed by atoms with Crippen LogP contribution in [0, 0.1) is 0 Å². The molecule has 0 saturated carbocycles. The Kier molecular flexibility index (Phi) is 19.6. The molecule has 0 aliphatic heterocycles. The zero-order valence-corrected chi connectivity index (χ0v) is 12.7. The van der Waals surface area contributed by atoms with E-state index < -0.39 is 0 Å². The van der Waals surface area contributed by atoms with Crippen LogP contribution in [0.1, 0.15) is 12.8 Å². The van der Waals surface area contributed by atoms with Crippen LogP contribution in [0.15, 0.2) is 0 Å². The van der Waals surface area contributed by atoms with Crippen LogP contribution in [-0.4, -0.2) is 33.2 Å². The number of hydrogen-bond acceptors (Lipinski definition) is 2. The van der Waals surface area contributed by atoms with Gasteiger partial charge >= 0.3 is 58.2 Å². The standard InChI is InChI=1S/C7H18N3.Rb/c1-9-5-3-7-10-6-2-4-8;/h8-10H,2-7H2,1H3;/q-1;+1. The fourth-order valence-electron chi connectivity index (χ4n) is 0.729. The molecule has 0 radical (unpaired) electrons. The third-order valence-corrected chi connectivity index (χ3v) is 1.31. The fourth-order valence-corrected chi connectivity index (χ4v) is 0.729. The van der Waals surface area contributed by atoms with E-state index in [1.54, 1.807) is 0 Å². The molecule has 3 N–H and O–H groups in total. The number of hydrogen-bond donors (Lipinski definition) is 2.